The van der Waals surface area contributed by atoms with Crippen molar-refractivity contribution < 1.29 is 27.2 Å². The van der Waals surface area contributed by atoms with Crippen molar-refractivity contribution in [3.63, 3.8) is 0 Å². The molecule has 1 aromatic heterocycles. The van der Waals surface area contributed by atoms with Gasteiger partial charge in [0.25, 0.3) is 0 Å². The summed E-state index contributed by atoms with van der Waals surface area (Å²) in [5, 5.41) is 3.83. The standard InChI is InChI=1S/C21H28N2O6S/c1-13-8-14(2)11-23(10-13)30(25,26)20-9-17(6-7-19(20)27-5)21(24)28-12-18-15(3)22-29-16(18)4/h6-7,9,13-14H,8,10-12H2,1-5H3/t13-,14+. The summed E-state index contributed by atoms with van der Waals surface area (Å²) < 4.78 is 43.9. The molecule has 3 rings (SSSR count). The molecular weight excluding hydrogens is 408 g/mol. The Kier molecular flexibility index (Phi) is 6.52. The maximum atomic E-state index is 13.3. The fraction of sp³-hybridized carbons (Fsp3) is 0.524. The van der Waals surface area contributed by atoms with Crippen molar-refractivity contribution in [2.45, 2.75) is 45.6 Å². The Labute approximate surface area is 177 Å². The van der Waals surface area contributed by atoms with Crippen molar-refractivity contribution in [1.29, 1.82) is 0 Å². The molecule has 2 aromatic rings. The highest BCUT2D eigenvalue weighted by molar-refractivity contribution is 7.89. The second-order valence-corrected chi connectivity index (χ2v) is 9.92. The van der Waals surface area contributed by atoms with Gasteiger partial charge in [-0.2, -0.15) is 4.31 Å². The molecule has 9 heteroatoms. The quantitative estimate of drug-likeness (QED) is 0.641. The predicted molar refractivity (Wildman–Crippen MR) is 110 cm³/mol. The highest BCUT2D eigenvalue weighted by Gasteiger charge is 2.34. The minimum absolute atomic E-state index is 0.00470. The molecule has 0 unspecified atom stereocenters. The number of aromatic nitrogens is 1. The van der Waals surface area contributed by atoms with Gasteiger partial charge in [0.05, 0.1) is 23.9 Å². The zero-order valence-electron chi connectivity index (χ0n) is 18.0. The van der Waals surface area contributed by atoms with Crippen molar-refractivity contribution in [2.24, 2.45) is 11.8 Å². The summed E-state index contributed by atoms with van der Waals surface area (Å²) in [4.78, 5) is 12.6. The van der Waals surface area contributed by atoms with E-state index >= 15 is 0 Å². The van der Waals surface area contributed by atoms with Crippen LogP contribution in [0.25, 0.3) is 0 Å². The summed E-state index contributed by atoms with van der Waals surface area (Å²) >= 11 is 0. The maximum absolute atomic E-state index is 13.3. The molecule has 1 aliphatic heterocycles. The van der Waals surface area contributed by atoms with Crippen LogP contribution in [0, 0.1) is 25.7 Å². The van der Waals surface area contributed by atoms with Crippen LogP contribution in [0.4, 0.5) is 0 Å². The van der Waals surface area contributed by atoms with Gasteiger partial charge in [0.15, 0.2) is 0 Å². The van der Waals surface area contributed by atoms with Crippen LogP contribution in [0.2, 0.25) is 0 Å². The number of rotatable bonds is 6. The van der Waals surface area contributed by atoms with Crippen LogP contribution in [0.5, 0.6) is 5.75 Å². The van der Waals surface area contributed by atoms with Crippen LogP contribution >= 0.6 is 0 Å². The molecule has 1 fully saturated rings. The van der Waals surface area contributed by atoms with E-state index < -0.39 is 16.0 Å². The number of benzene rings is 1. The van der Waals surface area contributed by atoms with Crippen molar-refractivity contribution >= 4 is 16.0 Å². The van der Waals surface area contributed by atoms with Gasteiger partial charge in [0, 0.05) is 13.1 Å². The number of sulfonamides is 1. The highest BCUT2D eigenvalue weighted by atomic mass is 32.2. The molecule has 1 aliphatic rings. The van der Waals surface area contributed by atoms with Gasteiger partial charge in [-0.25, -0.2) is 13.2 Å². The lowest BCUT2D eigenvalue weighted by Crippen LogP contribution is -2.42. The summed E-state index contributed by atoms with van der Waals surface area (Å²) in [6.45, 7) is 8.46. The minimum atomic E-state index is -3.82. The molecule has 0 bridgehead atoms. The number of aryl methyl sites for hydroxylation is 2. The van der Waals surface area contributed by atoms with Gasteiger partial charge in [0.1, 0.15) is 23.0 Å². The van der Waals surface area contributed by atoms with Crippen LogP contribution in [0.3, 0.4) is 0 Å². The second kappa shape index (κ2) is 8.77. The number of hydrogen-bond acceptors (Lipinski definition) is 7. The third-order valence-electron chi connectivity index (χ3n) is 5.38. The van der Waals surface area contributed by atoms with Crippen molar-refractivity contribution in [2.75, 3.05) is 20.2 Å². The smallest absolute Gasteiger partial charge is 0.338 e. The van der Waals surface area contributed by atoms with Crippen LogP contribution < -0.4 is 4.74 Å². The van der Waals surface area contributed by atoms with E-state index in [4.69, 9.17) is 14.0 Å². The molecule has 0 spiro atoms. The van der Waals surface area contributed by atoms with E-state index in [1.165, 1.54) is 29.6 Å². The molecule has 2 atom stereocenters. The van der Waals surface area contributed by atoms with Gasteiger partial charge in [-0.15, -0.1) is 0 Å². The van der Waals surface area contributed by atoms with Crippen molar-refractivity contribution in [1.82, 2.24) is 9.46 Å². The van der Waals surface area contributed by atoms with E-state index in [1.54, 1.807) is 13.8 Å². The van der Waals surface area contributed by atoms with E-state index in [-0.39, 0.29) is 34.7 Å². The zero-order chi connectivity index (χ0) is 22.1. The van der Waals surface area contributed by atoms with Crippen molar-refractivity contribution in [3.8, 4) is 5.75 Å². The van der Waals surface area contributed by atoms with E-state index in [1.807, 2.05) is 13.8 Å². The fourth-order valence-corrected chi connectivity index (χ4v) is 5.74. The van der Waals surface area contributed by atoms with Crippen LogP contribution in [0.1, 0.15) is 47.6 Å². The molecule has 164 valence electrons. The lowest BCUT2D eigenvalue weighted by Gasteiger charge is -2.34. The number of hydrogen-bond donors (Lipinski definition) is 0. The predicted octanol–water partition coefficient (Wildman–Crippen LogP) is 3.32. The number of esters is 1. The topological polar surface area (TPSA) is 98.9 Å². The summed E-state index contributed by atoms with van der Waals surface area (Å²) in [6, 6.07) is 4.30. The molecular formula is C21H28N2O6S. The second-order valence-electron chi connectivity index (χ2n) is 8.01. The maximum Gasteiger partial charge on any atom is 0.338 e. The van der Waals surface area contributed by atoms with E-state index in [9.17, 15) is 13.2 Å². The first-order chi connectivity index (χ1) is 14.1. The average Bonchev–Trinajstić information content (AvgIpc) is 3.02. The monoisotopic (exact) mass is 436 g/mol. The zero-order valence-corrected chi connectivity index (χ0v) is 18.8. The molecule has 8 nitrogen and oxygen atoms in total. The highest BCUT2D eigenvalue weighted by Crippen LogP contribution is 2.32. The lowest BCUT2D eigenvalue weighted by molar-refractivity contribution is 0.0470. The fourth-order valence-electron chi connectivity index (χ4n) is 3.88. The summed E-state index contributed by atoms with van der Waals surface area (Å²) in [6.07, 6.45) is 0.983. The van der Waals surface area contributed by atoms with Gasteiger partial charge in [-0.1, -0.05) is 19.0 Å². The van der Waals surface area contributed by atoms with Gasteiger partial charge in [0.2, 0.25) is 10.0 Å². The molecule has 2 heterocycles. The molecule has 1 aromatic carbocycles. The summed E-state index contributed by atoms with van der Waals surface area (Å²) in [5.74, 6) is 0.666. The third-order valence-corrected chi connectivity index (χ3v) is 7.23. The molecule has 0 radical (unpaired) electrons. The Morgan fingerprint density at radius 3 is 2.47 bits per heavy atom. The molecule has 1 saturated heterocycles. The lowest BCUT2D eigenvalue weighted by atomic mass is 9.94. The molecule has 30 heavy (non-hydrogen) atoms. The number of ether oxygens (including phenoxy) is 2. The number of methoxy groups -OCH3 is 1. The van der Waals surface area contributed by atoms with Gasteiger partial charge in [-0.05, 0) is 50.3 Å². The van der Waals surface area contributed by atoms with E-state index in [0.29, 0.717) is 30.1 Å². The first kappa shape index (κ1) is 22.3. The number of piperidine rings is 1. The molecule has 0 amide bonds. The van der Waals surface area contributed by atoms with Gasteiger partial charge in [-0.3, -0.25) is 0 Å². The van der Waals surface area contributed by atoms with E-state index in [2.05, 4.69) is 5.16 Å². The van der Waals surface area contributed by atoms with Crippen LogP contribution in [-0.2, 0) is 21.4 Å². The Balaban J connectivity index is 1.87. The Morgan fingerprint density at radius 2 is 1.90 bits per heavy atom. The SMILES string of the molecule is COc1ccc(C(=O)OCc2c(C)noc2C)cc1S(=O)(=O)N1C[C@H](C)C[C@H](C)C1. The Hall–Kier alpha value is -2.39. The number of carbonyl (C=O) groups excluding carboxylic acids is 1. The minimum Gasteiger partial charge on any atom is -0.495 e. The molecule has 0 saturated carbocycles. The Morgan fingerprint density at radius 1 is 1.23 bits per heavy atom. The first-order valence-corrected chi connectivity index (χ1v) is 11.3. The third kappa shape index (κ3) is 4.52. The molecule has 0 N–H and O–H groups in total. The normalized spacial score (nSPS) is 20.2. The Bertz CT molecular complexity index is 1000. The number of nitrogens with zero attached hydrogens (tertiary/aromatic N) is 2. The average molecular weight is 437 g/mol. The van der Waals surface area contributed by atoms with Crippen LogP contribution in [-0.4, -0.2) is 44.0 Å². The van der Waals surface area contributed by atoms with Gasteiger partial charge < -0.3 is 14.0 Å². The van der Waals surface area contributed by atoms with Gasteiger partial charge >= 0.3 is 5.97 Å². The number of carbonyl (C=O) groups is 1. The summed E-state index contributed by atoms with van der Waals surface area (Å²) in [7, 11) is -2.41. The summed E-state index contributed by atoms with van der Waals surface area (Å²) in [5.41, 5.74) is 1.48. The van der Waals surface area contributed by atoms with Crippen molar-refractivity contribution in [3.05, 3.63) is 40.8 Å². The largest absolute Gasteiger partial charge is 0.495 e. The first-order valence-electron chi connectivity index (χ1n) is 9.90. The van der Waals surface area contributed by atoms with E-state index in [0.717, 1.165) is 6.42 Å². The molecule has 0 aliphatic carbocycles. The van der Waals surface area contributed by atoms with Crippen LogP contribution in [0.15, 0.2) is 27.6 Å².